The van der Waals surface area contributed by atoms with E-state index in [1.807, 2.05) is 0 Å². The molecule has 0 unspecified atom stereocenters. The molecule has 0 saturated carbocycles. The van der Waals surface area contributed by atoms with E-state index >= 15 is 0 Å². The van der Waals surface area contributed by atoms with Gasteiger partial charge in [0.1, 0.15) is 23.0 Å². The number of hydrogen-bond acceptors (Lipinski definition) is 3. The minimum atomic E-state index is -0.234. The van der Waals surface area contributed by atoms with Crippen LogP contribution in [-0.2, 0) is 7.05 Å². The van der Waals surface area contributed by atoms with Gasteiger partial charge >= 0.3 is 0 Å². The predicted molar refractivity (Wildman–Crippen MR) is 60.4 cm³/mol. The highest BCUT2D eigenvalue weighted by molar-refractivity contribution is 6.29. The number of halogens is 1. The lowest BCUT2D eigenvalue weighted by Crippen LogP contribution is -2.16. The van der Waals surface area contributed by atoms with Gasteiger partial charge in [-0.25, -0.2) is 9.97 Å². The number of hydrogen-bond donors (Lipinski definition) is 1. The minimum Gasteiger partial charge on any atom is -0.347 e. The molecule has 1 N–H and O–H groups in total. The standard InChI is InChI=1S/C10H9ClN4O/c1-15-4-2-3-7(15)10(16)14-9-5-8(11)12-6-13-9/h2-6H,1H3,(H,12,13,14,16). The molecule has 0 saturated heterocycles. The van der Waals surface area contributed by atoms with Crippen molar-refractivity contribution < 1.29 is 4.79 Å². The van der Waals surface area contributed by atoms with E-state index < -0.39 is 0 Å². The molecule has 0 fully saturated rings. The minimum absolute atomic E-state index is 0.234. The molecule has 0 radical (unpaired) electrons. The first kappa shape index (κ1) is 10.6. The van der Waals surface area contributed by atoms with Gasteiger partial charge in [-0.05, 0) is 12.1 Å². The Hall–Kier alpha value is -1.88. The van der Waals surface area contributed by atoms with Crippen molar-refractivity contribution in [2.24, 2.45) is 7.05 Å². The second kappa shape index (κ2) is 4.32. The molecule has 0 bridgehead atoms. The van der Waals surface area contributed by atoms with Crippen LogP contribution in [0.15, 0.2) is 30.7 Å². The summed E-state index contributed by atoms with van der Waals surface area (Å²) in [4.78, 5) is 19.4. The number of carbonyl (C=O) groups excluding carboxylic acids is 1. The zero-order valence-corrected chi connectivity index (χ0v) is 9.27. The molecule has 0 aliphatic carbocycles. The van der Waals surface area contributed by atoms with Crippen LogP contribution in [-0.4, -0.2) is 20.4 Å². The van der Waals surface area contributed by atoms with E-state index in [9.17, 15) is 4.79 Å². The largest absolute Gasteiger partial charge is 0.347 e. The lowest BCUT2D eigenvalue weighted by molar-refractivity contribution is 0.101. The molecule has 82 valence electrons. The number of rotatable bonds is 2. The summed E-state index contributed by atoms with van der Waals surface area (Å²) >= 11 is 5.68. The van der Waals surface area contributed by atoms with Gasteiger partial charge in [0.2, 0.25) is 0 Å². The smallest absolute Gasteiger partial charge is 0.273 e. The van der Waals surface area contributed by atoms with Crippen molar-refractivity contribution in [3.05, 3.63) is 41.6 Å². The summed E-state index contributed by atoms with van der Waals surface area (Å²) in [6, 6.07) is 5.00. The molecule has 5 nitrogen and oxygen atoms in total. The Morgan fingerprint density at radius 2 is 2.31 bits per heavy atom. The molecule has 0 aliphatic heterocycles. The average Bonchev–Trinajstić information content (AvgIpc) is 2.64. The first-order valence-corrected chi connectivity index (χ1v) is 4.95. The van der Waals surface area contributed by atoms with Gasteiger partial charge in [0.25, 0.3) is 5.91 Å². The van der Waals surface area contributed by atoms with E-state index in [0.29, 0.717) is 11.5 Å². The maximum atomic E-state index is 11.8. The third kappa shape index (κ3) is 2.20. The summed E-state index contributed by atoms with van der Waals surface area (Å²) in [7, 11) is 1.79. The number of aryl methyl sites for hydroxylation is 1. The van der Waals surface area contributed by atoms with E-state index in [1.54, 1.807) is 29.9 Å². The summed E-state index contributed by atoms with van der Waals surface area (Å²) in [5, 5.41) is 2.92. The van der Waals surface area contributed by atoms with E-state index in [1.165, 1.54) is 12.4 Å². The van der Waals surface area contributed by atoms with Crippen LogP contribution in [0.3, 0.4) is 0 Å². The number of nitrogens with zero attached hydrogens (tertiary/aromatic N) is 3. The Labute approximate surface area is 97.1 Å². The van der Waals surface area contributed by atoms with Crippen molar-refractivity contribution in [2.75, 3.05) is 5.32 Å². The van der Waals surface area contributed by atoms with E-state index in [0.717, 1.165) is 0 Å². The van der Waals surface area contributed by atoms with Crippen LogP contribution in [0.25, 0.3) is 0 Å². The average molecular weight is 237 g/mol. The molecule has 2 aromatic rings. The zero-order chi connectivity index (χ0) is 11.5. The van der Waals surface area contributed by atoms with Crippen LogP contribution in [0.1, 0.15) is 10.5 Å². The molecular weight excluding hydrogens is 228 g/mol. The predicted octanol–water partition coefficient (Wildman–Crippen LogP) is 1.72. The molecule has 6 heteroatoms. The van der Waals surface area contributed by atoms with Gasteiger partial charge in [-0.15, -0.1) is 0 Å². The fraction of sp³-hybridized carbons (Fsp3) is 0.100. The number of nitrogens with one attached hydrogen (secondary N) is 1. The van der Waals surface area contributed by atoms with Crippen molar-refractivity contribution in [3.63, 3.8) is 0 Å². The first-order valence-electron chi connectivity index (χ1n) is 4.57. The Morgan fingerprint density at radius 1 is 1.50 bits per heavy atom. The van der Waals surface area contributed by atoms with Crippen molar-refractivity contribution >= 4 is 23.3 Å². The summed E-state index contributed by atoms with van der Waals surface area (Å²) in [5.74, 6) is 0.147. The molecule has 0 aromatic carbocycles. The van der Waals surface area contributed by atoms with E-state index in [-0.39, 0.29) is 11.1 Å². The van der Waals surface area contributed by atoms with Crippen LogP contribution < -0.4 is 5.32 Å². The van der Waals surface area contributed by atoms with E-state index in [2.05, 4.69) is 15.3 Å². The fourth-order valence-corrected chi connectivity index (χ4v) is 1.43. The topological polar surface area (TPSA) is 59.8 Å². The highest BCUT2D eigenvalue weighted by Crippen LogP contribution is 2.10. The van der Waals surface area contributed by atoms with Gasteiger partial charge in [0, 0.05) is 19.3 Å². The zero-order valence-electron chi connectivity index (χ0n) is 8.51. The van der Waals surface area contributed by atoms with Crippen molar-refractivity contribution in [1.29, 1.82) is 0 Å². The molecule has 0 aliphatic rings. The van der Waals surface area contributed by atoms with Crippen molar-refractivity contribution in [3.8, 4) is 0 Å². The Kier molecular flexibility index (Phi) is 2.87. The third-order valence-corrected chi connectivity index (χ3v) is 2.26. The second-order valence-corrected chi connectivity index (χ2v) is 3.57. The van der Waals surface area contributed by atoms with Gasteiger partial charge in [-0.2, -0.15) is 0 Å². The molecule has 1 amide bonds. The normalized spacial score (nSPS) is 10.1. The van der Waals surface area contributed by atoms with Gasteiger partial charge in [-0.1, -0.05) is 11.6 Å². The lowest BCUT2D eigenvalue weighted by atomic mass is 10.4. The van der Waals surface area contributed by atoms with Crippen LogP contribution in [0.5, 0.6) is 0 Å². The Balaban J connectivity index is 2.17. The molecular formula is C10H9ClN4O. The summed E-state index contributed by atoms with van der Waals surface area (Å²) in [6.45, 7) is 0. The molecule has 16 heavy (non-hydrogen) atoms. The maximum Gasteiger partial charge on any atom is 0.273 e. The molecule has 2 heterocycles. The number of anilines is 1. The third-order valence-electron chi connectivity index (χ3n) is 2.05. The Morgan fingerprint density at radius 3 is 2.94 bits per heavy atom. The Bertz CT molecular complexity index is 523. The van der Waals surface area contributed by atoms with Crippen LogP contribution in [0.2, 0.25) is 5.15 Å². The van der Waals surface area contributed by atoms with E-state index in [4.69, 9.17) is 11.6 Å². The summed E-state index contributed by atoms with van der Waals surface area (Å²) < 4.78 is 1.72. The van der Waals surface area contributed by atoms with Gasteiger partial charge in [0.05, 0.1) is 0 Å². The SMILES string of the molecule is Cn1cccc1C(=O)Nc1cc(Cl)ncn1. The first-order chi connectivity index (χ1) is 7.66. The molecule has 0 atom stereocenters. The van der Waals surface area contributed by atoms with Crippen molar-refractivity contribution in [1.82, 2.24) is 14.5 Å². The highest BCUT2D eigenvalue weighted by Gasteiger charge is 2.09. The fourth-order valence-electron chi connectivity index (χ4n) is 1.28. The number of amides is 1. The molecule has 0 spiro atoms. The highest BCUT2D eigenvalue weighted by atomic mass is 35.5. The van der Waals surface area contributed by atoms with Crippen molar-refractivity contribution in [2.45, 2.75) is 0 Å². The molecule has 2 rings (SSSR count). The molecule has 2 aromatic heterocycles. The van der Waals surface area contributed by atoms with Crippen LogP contribution >= 0.6 is 11.6 Å². The number of aromatic nitrogens is 3. The quantitative estimate of drug-likeness (QED) is 0.808. The lowest BCUT2D eigenvalue weighted by Gasteiger charge is -2.04. The van der Waals surface area contributed by atoms with Gasteiger partial charge in [0.15, 0.2) is 0 Å². The van der Waals surface area contributed by atoms with Crippen LogP contribution in [0, 0.1) is 0 Å². The summed E-state index contributed by atoms with van der Waals surface area (Å²) in [6.07, 6.45) is 3.09. The van der Waals surface area contributed by atoms with Gasteiger partial charge in [-0.3, -0.25) is 4.79 Å². The monoisotopic (exact) mass is 236 g/mol. The number of carbonyl (C=O) groups is 1. The van der Waals surface area contributed by atoms with Gasteiger partial charge < -0.3 is 9.88 Å². The maximum absolute atomic E-state index is 11.8. The summed E-state index contributed by atoms with van der Waals surface area (Å²) in [5.41, 5.74) is 0.551. The second-order valence-electron chi connectivity index (χ2n) is 3.18. The van der Waals surface area contributed by atoms with Crippen LogP contribution in [0.4, 0.5) is 5.82 Å².